The van der Waals surface area contributed by atoms with Gasteiger partial charge in [-0.15, -0.1) is 0 Å². The molecule has 98 valence electrons. The van der Waals surface area contributed by atoms with E-state index in [9.17, 15) is 4.79 Å². The lowest BCUT2D eigenvalue weighted by atomic mass is 9.62. The summed E-state index contributed by atoms with van der Waals surface area (Å²) in [5.74, 6) is 0. The van der Waals surface area contributed by atoms with Gasteiger partial charge in [0, 0.05) is 11.1 Å². The van der Waals surface area contributed by atoms with Gasteiger partial charge in [0.2, 0.25) is 0 Å². The van der Waals surface area contributed by atoms with Crippen molar-refractivity contribution in [1.29, 1.82) is 0 Å². The Labute approximate surface area is 103 Å². The molecule has 0 heterocycles. The molecule has 0 atom stereocenters. The van der Waals surface area contributed by atoms with Crippen LogP contribution in [0, 0.1) is 0 Å². The van der Waals surface area contributed by atoms with Gasteiger partial charge in [-0.2, -0.15) is 0 Å². The van der Waals surface area contributed by atoms with Crippen molar-refractivity contribution >= 4 is 6.09 Å². The number of hydrogen-bond acceptors (Lipinski definition) is 3. The molecule has 3 fully saturated rings. The largest absolute Gasteiger partial charge is 0.450 e. The van der Waals surface area contributed by atoms with Gasteiger partial charge in [0.15, 0.2) is 0 Å². The number of alkyl carbamates (subject to hydrolysis) is 1. The third-order valence-electron chi connectivity index (χ3n) is 4.40. The molecule has 4 nitrogen and oxygen atoms in total. The van der Waals surface area contributed by atoms with E-state index in [-0.39, 0.29) is 17.2 Å². The van der Waals surface area contributed by atoms with Gasteiger partial charge in [0.25, 0.3) is 0 Å². The average molecular weight is 240 g/mol. The second-order valence-corrected chi connectivity index (χ2v) is 5.76. The zero-order chi connectivity index (χ0) is 12.4. The number of carbonyl (C=O) groups is 1. The summed E-state index contributed by atoms with van der Waals surface area (Å²) in [6.45, 7) is 2.61. The quantitative estimate of drug-likeness (QED) is 0.741. The van der Waals surface area contributed by atoms with E-state index >= 15 is 0 Å². The topological polar surface area (TPSA) is 64.3 Å². The average Bonchev–Trinajstić information content (AvgIpc) is 2.32. The van der Waals surface area contributed by atoms with Gasteiger partial charge < -0.3 is 15.8 Å². The van der Waals surface area contributed by atoms with Crippen LogP contribution >= 0.6 is 0 Å². The van der Waals surface area contributed by atoms with E-state index in [1.807, 2.05) is 0 Å². The molecule has 17 heavy (non-hydrogen) atoms. The Kier molecular flexibility index (Phi) is 3.61. The first kappa shape index (κ1) is 12.7. The minimum atomic E-state index is -0.245. The van der Waals surface area contributed by atoms with Crippen LogP contribution < -0.4 is 11.1 Å². The molecule has 3 N–H and O–H groups in total. The minimum absolute atomic E-state index is 0.0234. The zero-order valence-electron chi connectivity index (χ0n) is 10.8. The first-order chi connectivity index (χ1) is 8.08. The van der Waals surface area contributed by atoms with Crippen molar-refractivity contribution in [3.05, 3.63) is 0 Å². The third-order valence-corrected chi connectivity index (χ3v) is 4.40. The number of amides is 1. The molecular formula is C13H24N2O2. The number of ether oxygens (including phenoxy) is 1. The molecule has 1 amide bonds. The molecule has 0 saturated heterocycles. The smallest absolute Gasteiger partial charge is 0.407 e. The first-order valence-corrected chi connectivity index (χ1v) is 6.81. The van der Waals surface area contributed by atoms with Crippen LogP contribution in [-0.4, -0.2) is 23.8 Å². The molecular weight excluding hydrogens is 216 g/mol. The molecule has 0 radical (unpaired) electrons. The van der Waals surface area contributed by atoms with Crippen LogP contribution in [0.1, 0.15) is 58.3 Å². The molecule has 0 spiro atoms. The molecule has 0 aliphatic heterocycles. The second kappa shape index (κ2) is 4.84. The van der Waals surface area contributed by atoms with Crippen LogP contribution in [-0.2, 0) is 4.74 Å². The van der Waals surface area contributed by atoms with E-state index in [1.54, 1.807) is 0 Å². The summed E-state index contributed by atoms with van der Waals surface area (Å²) >= 11 is 0. The van der Waals surface area contributed by atoms with E-state index in [0.29, 0.717) is 6.61 Å². The number of rotatable bonds is 4. The maximum absolute atomic E-state index is 11.7. The van der Waals surface area contributed by atoms with Crippen LogP contribution in [0.2, 0.25) is 0 Å². The molecule has 3 aliphatic rings. The van der Waals surface area contributed by atoms with Gasteiger partial charge in [-0.05, 0) is 44.9 Å². The number of carbonyl (C=O) groups excluding carboxylic acids is 1. The zero-order valence-corrected chi connectivity index (χ0v) is 10.8. The van der Waals surface area contributed by atoms with Crippen molar-refractivity contribution in [2.24, 2.45) is 5.73 Å². The maximum Gasteiger partial charge on any atom is 0.407 e. The van der Waals surface area contributed by atoms with Crippen molar-refractivity contribution < 1.29 is 9.53 Å². The lowest BCUT2D eigenvalue weighted by molar-refractivity contribution is 0.0682. The summed E-state index contributed by atoms with van der Waals surface area (Å²) < 4.78 is 5.17. The Morgan fingerprint density at radius 1 is 1.24 bits per heavy atom. The first-order valence-electron chi connectivity index (χ1n) is 6.81. The Hall–Kier alpha value is -0.770. The fraction of sp³-hybridized carbons (Fsp3) is 0.923. The second-order valence-electron chi connectivity index (χ2n) is 5.76. The number of nitrogens with one attached hydrogen (secondary N) is 1. The SMILES string of the molecule is CCCCOC(=O)NC12CCC(N)(CC1)CC2. The summed E-state index contributed by atoms with van der Waals surface area (Å²) in [5, 5.41) is 3.08. The van der Waals surface area contributed by atoms with Crippen molar-refractivity contribution in [3.8, 4) is 0 Å². The van der Waals surface area contributed by atoms with Crippen LogP contribution in [0.3, 0.4) is 0 Å². The predicted octanol–water partition coefficient (Wildman–Crippen LogP) is 2.32. The van der Waals surface area contributed by atoms with Crippen LogP contribution in [0.25, 0.3) is 0 Å². The number of hydrogen-bond donors (Lipinski definition) is 2. The summed E-state index contributed by atoms with van der Waals surface area (Å²) in [7, 11) is 0. The van der Waals surface area contributed by atoms with Crippen molar-refractivity contribution in [2.75, 3.05) is 6.61 Å². The Morgan fingerprint density at radius 3 is 2.35 bits per heavy atom. The fourth-order valence-electron chi connectivity index (χ4n) is 2.96. The van der Waals surface area contributed by atoms with Crippen molar-refractivity contribution in [3.63, 3.8) is 0 Å². The lowest BCUT2D eigenvalue weighted by Gasteiger charge is -2.51. The maximum atomic E-state index is 11.7. The van der Waals surface area contributed by atoms with E-state index in [2.05, 4.69) is 12.2 Å². The van der Waals surface area contributed by atoms with Gasteiger partial charge in [0.1, 0.15) is 0 Å². The van der Waals surface area contributed by atoms with Crippen molar-refractivity contribution in [1.82, 2.24) is 5.32 Å². The van der Waals surface area contributed by atoms with E-state index in [4.69, 9.17) is 10.5 Å². The molecule has 0 aromatic heterocycles. The molecule has 3 aliphatic carbocycles. The molecule has 4 heteroatoms. The predicted molar refractivity (Wildman–Crippen MR) is 66.7 cm³/mol. The molecule has 0 aromatic carbocycles. The van der Waals surface area contributed by atoms with Gasteiger partial charge in [-0.1, -0.05) is 13.3 Å². The highest BCUT2D eigenvalue weighted by atomic mass is 16.5. The summed E-state index contributed by atoms with van der Waals surface area (Å²) in [5.41, 5.74) is 6.27. The van der Waals surface area contributed by atoms with Gasteiger partial charge in [-0.3, -0.25) is 0 Å². The number of unbranched alkanes of at least 4 members (excludes halogenated alkanes) is 1. The standard InChI is InChI=1S/C13H24N2O2/c1-2-3-10-17-11(16)15-13-7-4-12(14,5-8-13)6-9-13/h2-10,14H2,1H3,(H,15,16). The van der Waals surface area contributed by atoms with E-state index in [1.165, 1.54) is 0 Å². The molecule has 3 saturated carbocycles. The summed E-state index contributed by atoms with van der Waals surface area (Å²) in [6, 6.07) is 0. The monoisotopic (exact) mass is 240 g/mol. The Bertz CT molecular complexity index is 267. The summed E-state index contributed by atoms with van der Waals surface area (Å²) in [4.78, 5) is 11.7. The van der Waals surface area contributed by atoms with Gasteiger partial charge >= 0.3 is 6.09 Å². The van der Waals surface area contributed by atoms with Crippen LogP contribution in [0.15, 0.2) is 0 Å². The minimum Gasteiger partial charge on any atom is -0.450 e. The Balaban J connectivity index is 1.80. The van der Waals surface area contributed by atoms with Crippen LogP contribution in [0.4, 0.5) is 4.79 Å². The van der Waals surface area contributed by atoms with Crippen molar-refractivity contribution in [2.45, 2.75) is 69.4 Å². The highest BCUT2D eigenvalue weighted by Crippen LogP contribution is 2.45. The highest BCUT2D eigenvalue weighted by molar-refractivity contribution is 5.68. The van der Waals surface area contributed by atoms with Crippen LogP contribution in [0.5, 0.6) is 0 Å². The highest BCUT2D eigenvalue weighted by Gasteiger charge is 2.47. The number of fused-ring (bicyclic) bond motifs is 3. The summed E-state index contributed by atoms with van der Waals surface area (Å²) in [6.07, 6.45) is 7.85. The van der Waals surface area contributed by atoms with Gasteiger partial charge in [0.05, 0.1) is 6.61 Å². The van der Waals surface area contributed by atoms with Gasteiger partial charge in [-0.25, -0.2) is 4.79 Å². The molecule has 0 aromatic rings. The molecule has 0 unspecified atom stereocenters. The number of nitrogens with two attached hydrogens (primary N) is 1. The molecule has 2 bridgehead atoms. The van der Waals surface area contributed by atoms with E-state index < -0.39 is 0 Å². The molecule has 3 rings (SSSR count). The third kappa shape index (κ3) is 2.92. The normalized spacial score (nSPS) is 35.6. The Morgan fingerprint density at radius 2 is 1.82 bits per heavy atom. The lowest BCUT2D eigenvalue weighted by Crippen LogP contribution is -2.61. The van der Waals surface area contributed by atoms with E-state index in [0.717, 1.165) is 51.4 Å². The fourth-order valence-corrected chi connectivity index (χ4v) is 2.96.